The third-order valence-electron chi connectivity index (χ3n) is 5.74. The molecule has 2 aliphatic rings. The fraction of sp³-hybridized carbons (Fsp3) is 0.250. The highest BCUT2D eigenvalue weighted by molar-refractivity contribution is 7.97. The van der Waals surface area contributed by atoms with Crippen LogP contribution in [0, 0.1) is 11.2 Å². The minimum absolute atomic E-state index is 0.312. The number of piperidine rings is 1. The molecule has 1 unspecified atom stereocenters. The van der Waals surface area contributed by atoms with E-state index in [1.54, 1.807) is 31.2 Å². The summed E-state index contributed by atoms with van der Waals surface area (Å²) in [7, 11) is 1.58. The van der Waals surface area contributed by atoms with Crippen molar-refractivity contribution in [3.05, 3.63) is 76.7 Å². The number of carbonyl (C=O) groups is 1. The number of fused-ring (bicyclic) bond motifs is 1. The molecule has 1 saturated heterocycles. The summed E-state index contributed by atoms with van der Waals surface area (Å²) in [6.07, 6.45) is 5.71. The smallest absolute Gasteiger partial charge is 0.137 e. The predicted octanol–water partition coefficient (Wildman–Crippen LogP) is 5.33. The van der Waals surface area contributed by atoms with Crippen LogP contribution in [0.25, 0.3) is 0 Å². The number of nitrogens with two attached hydrogens (primary N) is 1. The number of aliphatic imine (C=N–C) groups is 1. The first-order valence-corrected chi connectivity index (χ1v) is 11.3. The molecule has 1 aliphatic carbocycles. The molecule has 2 aromatic carbocycles. The molecule has 0 radical (unpaired) electrons. The van der Waals surface area contributed by atoms with Crippen LogP contribution >= 0.6 is 23.5 Å². The average Bonchev–Trinajstić information content (AvgIpc) is 2.80. The van der Waals surface area contributed by atoms with Gasteiger partial charge in [-0.15, -0.1) is 0 Å². The molecule has 166 valence electrons. The van der Waals surface area contributed by atoms with Gasteiger partial charge in [0.1, 0.15) is 17.9 Å². The Morgan fingerprint density at radius 1 is 1.28 bits per heavy atom. The second-order valence-electron chi connectivity index (χ2n) is 7.79. The highest BCUT2D eigenvalue weighted by Crippen LogP contribution is 2.45. The van der Waals surface area contributed by atoms with Crippen LogP contribution in [0.4, 0.5) is 10.1 Å². The Labute approximate surface area is 195 Å². The fourth-order valence-corrected chi connectivity index (χ4v) is 5.45. The van der Waals surface area contributed by atoms with E-state index in [0.29, 0.717) is 29.4 Å². The molecule has 1 heterocycles. The van der Waals surface area contributed by atoms with Crippen molar-refractivity contribution in [2.75, 3.05) is 20.2 Å². The summed E-state index contributed by atoms with van der Waals surface area (Å²) in [5, 5.41) is 0.549. The molecular formula is C24H23ClFN3O2S. The number of halogens is 2. The molecule has 1 atom stereocenters. The zero-order valence-electron chi connectivity index (χ0n) is 17.6. The van der Waals surface area contributed by atoms with Crippen molar-refractivity contribution in [3.63, 3.8) is 0 Å². The number of carbonyl (C=O) groups excluding carboxylic acids is 1. The Bertz CT molecular complexity index is 1120. The average molecular weight is 472 g/mol. The number of nitrogens with zero attached hydrogens (tertiary/aromatic N) is 2. The normalized spacial score (nSPS) is 23.7. The SMILES string of the molecule is COc1ccc(SN2CCC3=CC(=Nc4ccc(F)cc4)C(=CN)CC3(C=O)C2)cc1Cl. The number of methoxy groups -OCH3 is 1. The van der Waals surface area contributed by atoms with Gasteiger partial charge in [-0.1, -0.05) is 17.2 Å². The van der Waals surface area contributed by atoms with E-state index in [4.69, 9.17) is 22.1 Å². The highest BCUT2D eigenvalue weighted by atomic mass is 35.5. The van der Waals surface area contributed by atoms with E-state index < -0.39 is 5.41 Å². The van der Waals surface area contributed by atoms with E-state index in [1.807, 2.05) is 24.3 Å². The van der Waals surface area contributed by atoms with Crippen molar-refractivity contribution in [2.45, 2.75) is 17.7 Å². The number of ether oxygens (including phenoxy) is 1. The van der Waals surface area contributed by atoms with Crippen LogP contribution in [-0.2, 0) is 4.79 Å². The molecule has 0 saturated carbocycles. The lowest BCUT2D eigenvalue weighted by atomic mass is 9.68. The lowest BCUT2D eigenvalue weighted by Gasteiger charge is -2.43. The van der Waals surface area contributed by atoms with Crippen LogP contribution in [0.1, 0.15) is 12.8 Å². The molecule has 2 aromatic rings. The molecule has 0 bridgehead atoms. The van der Waals surface area contributed by atoms with Gasteiger partial charge in [-0.3, -0.25) is 0 Å². The maximum atomic E-state index is 13.2. The first-order chi connectivity index (χ1) is 15.5. The summed E-state index contributed by atoms with van der Waals surface area (Å²) in [4.78, 5) is 18.0. The minimum atomic E-state index is -0.658. The molecule has 0 aromatic heterocycles. The highest BCUT2D eigenvalue weighted by Gasteiger charge is 2.43. The van der Waals surface area contributed by atoms with E-state index in [9.17, 15) is 9.18 Å². The topological polar surface area (TPSA) is 67.9 Å². The number of aldehydes is 1. The third-order valence-corrected chi connectivity index (χ3v) is 7.07. The molecular weight excluding hydrogens is 449 g/mol. The molecule has 0 spiro atoms. The first-order valence-electron chi connectivity index (χ1n) is 10.2. The van der Waals surface area contributed by atoms with Crippen molar-refractivity contribution >= 4 is 41.2 Å². The van der Waals surface area contributed by atoms with Gasteiger partial charge in [0, 0.05) is 18.0 Å². The van der Waals surface area contributed by atoms with Crippen molar-refractivity contribution in [2.24, 2.45) is 16.1 Å². The Kier molecular flexibility index (Phi) is 6.69. The fourth-order valence-electron chi connectivity index (χ4n) is 4.05. The number of rotatable bonds is 5. The van der Waals surface area contributed by atoms with Gasteiger partial charge in [-0.25, -0.2) is 13.7 Å². The van der Waals surface area contributed by atoms with Crippen LogP contribution in [0.2, 0.25) is 5.02 Å². The standard InChI is InChI=1S/C24H23ClFN3O2S/c1-31-23-7-6-20(11-21(23)25)32-29-9-8-17-10-22(28-19-4-2-18(26)3-5-19)16(13-27)12-24(17,14-29)15-30/h2-7,10-11,13,15H,8-9,12,14,27H2,1H3. The van der Waals surface area contributed by atoms with Crippen LogP contribution in [0.5, 0.6) is 5.75 Å². The van der Waals surface area contributed by atoms with Crippen LogP contribution < -0.4 is 10.5 Å². The predicted molar refractivity (Wildman–Crippen MR) is 127 cm³/mol. The van der Waals surface area contributed by atoms with E-state index in [2.05, 4.69) is 9.30 Å². The maximum Gasteiger partial charge on any atom is 0.137 e. The molecule has 2 N–H and O–H groups in total. The molecule has 4 rings (SSSR count). The number of hydrogen-bond donors (Lipinski definition) is 1. The summed E-state index contributed by atoms with van der Waals surface area (Å²) >= 11 is 7.84. The Balaban J connectivity index is 1.59. The lowest BCUT2D eigenvalue weighted by molar-refractivity contribution is -0.115. The van der Waals surface area contributed by atoms with Crippen molar-refractivity contribution in [1.82, 2.24) is 4.31 Å². The van der Waals surface area contributed by atoms with Gasteiger partial charge in [0.25, 0.3) is 0 Å². The van der Waals surface area contributed by atoms with Gasteiger partial charge in [0.15, 0.2) is 0 Å². The summed E-state index contributed by atoms with van der Waals surface area (Å²) in [5.74, 6) is 0.316. The van der Waals surface area contributed by atoms with E-state index >= 15 is 0 Å². The van der Waals surface area contributed by atoms with Crippen LogP contribution in [0.15, 0.2) is 75.8 Å². The van der Waals surface area contributed by atoms with Gasteiger partial charge >= 0.3 is 0 Å². The van der Waals surface area contributed by atoms with Gasteiger partial charge in [-0.05, 0) is 85.1 Å². The summed E-state index contributed by atoms with van der Waals surface area (Å²) in [5.41, 5.74) is 8.45. The van der Waals surface area contributed by atoms with E-state index in [-0.39, 0.29) is 5.82 Å². The molecule has 0 amide bonds. The van der Waals surface area contributed by atoms with E-state index in [1.165, 1.54) is 18.3 Å². The minimum Gasteiger partial charge on any atom is -0.495 e. The van der Waals surface area contributed by atoms with Crippen LogP contribution in [0.3, 0.4) is 0 Å². The largest absolute Gasteiger partial charge is 0.495 e. The van der Waals surface area contributed by atoms with Gasteiger partial charge in [0.05, 0.1) is 28.9 Å². The monoisotopic (exact) mass is 471 g/mol. The third kappa shape index (κ3) is 4.60. The Hall–Kier alpha value is -2.61. The van der Waals surface area contributed by atoms with Gasteiger partial charge in [0.2, 0.25) is 0 Å². The second-order valence-corrected chi connectivity index (χ2v) is 9.36. The number of benzene rings is 2. The van der Waals surface area contributed by atoms with E-state index in [0.717, 1.165) is 41.0 Å². The van der Waals surface area contributed by atoms with Crippen molar-refractivity contribution in [1.29, 1.82) is 0 Å². The summed E-state index contributed by atoms with van der Waals surface area (Å²) in [6.45, 7) is 1.33. The zero-order valence-corrected chi connectivity index (χ0v) is 19.1. The molecule has 1 fully saturated rings. The van der Waals surface area contributed by atoms with Gasteiger partial charge in [-0.2, -0.15) is 0 Å². The number of allylic oxidation sites excluding steroid dienone is 2. The number of hydrogen-bond acceptors (Lipinski definition) is 6. The summed E-state index contributed by atoms with van der Waals surface area (Å²) < 4.78 is 20.6. The van der Waals surface area contributed by atoms with Crippen molar-refractivity contribution in [3.8, 4) is 5.75 Å². The maximum absolute atomic E-state index is 13.2. The first kappa shape index (κ1) is 22.6. The lowest BCUT2D eigenvalue weighted by Crippen LogP contribution is -2.45. The van der Waals surface area contributed by atoms with Crippen molar-refractivity contribution < 1.29 is 13.9 Å². The molecule has 5 nitrogen and oxygen atoms in total. The van der Waals surface area contributed by atoms with Gasteiger partial charge < -0.3 is 15.3 Å². The molecule has 1 aliphatic heterocycles. The summed E-state index contributed by atoms with van der Waals surface area (Å²) in [6, 6.07) is 11.6. The Morgan fingerprint density at radius 3 is 2.72 bits per heavy atom. The quantitative estimate of drug-likeness (QED) is 0.471. The molecule has 8 heteroatoms. The molecule has 32 heavy (non-hydrogen) atoms. The Morgan fingerprint density at radius 2 is 2.06 bits per heavy atom. The zero-order chi connectivity index (χ0) is 22.7. The second kappa shape index (κ2) is 9.48. The van der Waals surface area contributed by atoms with Crippen LogP contribution in [-0.4, -0.2) is 36.5 Å².